The smallest absolute Gasteiger partial charge is 0.241 e. The molecule has 1 unspecified atom stereocenters. The first-order valence-corrected chi connectivity index (χ1v) is 7.65. The summed E-state index contributed by atoms with van der Waals surface area (Å²) in [6, 6.07) is 4.96. The van der Waals surface area contributed by atoms with E-state index < -0.39 is 10.0 Å². The summed E-state index contributed by atoms with van der Waals surface area (Å²) >= 11 is 0. The van der Waals surface area contributed by atoms with E-state index in [1.54, 1.807) is 25.1 Å². The maximum absolute atomic E-state index is 12.3. The molecule has 1 saturated carbocycles. The van der Waals surface area contributed by atoms with Crippen molar-refractivity contribution in [1.82, 2.24) is 4.72 Å². The normalized spacial score (nSPS) is 17.7. The maximum atomic E-state index is 12.3. The lowest BCUT2D eigenvalue weighted by atomic mass is 10.1. The summed E-state index contributed by atoms with van der Waals surface area (Å²) in [5, 5.41) is 9.17. The summed E-state index contributed by atoms with van der Waals surface area (Å²) in [4.78, 5) is 0.265. The first-order chi connectivity index (χ1) is 8.45. The Labute approximate surface area is 108 Å². The zero-order valence-corrected chi connectivity index (χ0v) is 11.5. The van der Waals surface area contributed by atoms with Crippen molar-refractivity contribution >= 4 is 10.0 Å². The lowest BCUT2D eigenvalue weighted by molar-refractivity contribution is 0.280. The van der Waals surface area contributed by atoms with Crippen LogP contribution in [0.15, 0.2) is 23.1 Å². The summed E-state index contributed by atoms with van der Waals surface area (Å²) < 4.78 is 27.3. The van der Waals surface area contributed by atoms with E-state index in [2.05, 4.69) is 4.72 Å². The molecule has 0 heterocycles. The summed E-state index contributed by atoms with van der Waals surface area (Å²) in [6.45, 7) is 3.48. The fourth-order valence-corrected chi connectivity index (χ4v) is 3.72. The summed E-state index contributed by atoms with van der Waals surface area (Å²) in [5.41, 5.74) is 1.27. The van der Waals surface area contributed by atoms with E-state index in [0.717, 1.165) is 12.8 Å². The van der Waals surface area contributed by atoms with Crippen molar-refractivity contribution < 1.29 is 13.5 Å². The highest BCUT2D eigenvalue weighted by atomic mass is 32.2. The van der Waals surface area contributed by atoms with Crippen LogP contribution in [0.3, 0.4) is 0 Å². The molecule has 2 rings (SSSR count). The third kappa shape index (κ3) is 2.74. The highest BCUT2D eigenvalue weighted by Crippen LogP contribution is 2.33. The number of rotatable bonds is 5. The minimum absolute atomic E-state index is 0.0211. The quantitative estimate of drug-likeness (QED) is 0.852. The molecule has 1 aromatic rings. The van der Waals surface area contributed by atoms with Crippen LogP contribution in [0.25, 0.3) is 0 Å². The van der Waals surface area contributed by atoms with E-state index in [9.17, 15) is 13.5 Å². The number of nitrogens with one attached hydrogen (secondary N) is 1. The Morgan fingerprint density at radius 3 is 2.67 bits per heavy atom. The second-order valence-electron chi connectivity index (χ2n) is 4.95. The van der Waals surface area contributed by atoms with Gasteiger partial charge in [0.25, 0.3) is 0 Å². The zero-order valence-electron chi connectivity index (χ0n) is 10.7. The van der Waals surface area contributed by atoms with Gasteiger partial charge in [-0.3, -0.25) is 0 Å². The summed E-state index contributed by atoms with van der Waals surface area (Å²) in [5.74, 6) is 0.473. The van der Waals surface area contributed by atoms with Gasteiger partial charge in [0.2, 0.25) is 10.0 Å². The molecule has 0 bridgehead atoms. The molecule has 0 saturated heterocycles. The van der Waals surface area contributed by atoms with Gasteiger partial charge in [-0.15, -0.1) is 0 Å². The molecule has 0 radical (unpaired) electrons. The van der Waals surface area contributed by atoms with E-state index >= 15 is 0 Å². The highest BCUT2D eigenvalue weighted by Gasteiger charge is 2.31. The fourth-order valence-electron chi connectivity index (χ4n) is 2.12. The van der Waals surface area contributed by atoms with Gasteiger partial charge in [0.1, 0.15) is 0 Å². The monoisotopic (exact) mass is 269 g/mol. The predicted molar refractivity (Wildman–Crippen MR) is 69.6 cm³/mol. The van der Waals surface area contributed by atoms with Crippen molar-refractivity contribution in [3.63, 3.8) is 0 Å². The van der Waals surface area contributed by atoms with Crippen LogP contribution in [0.1, 0.15) is 30.9 Å². The number of aliphatic hydroxyl groups is 1. The molecule has 1 aliphatic rings. The van der Waals surface area contributed by atoms with Crippen LogP contribution in [0, 0.1) is 12.8 Å². The van der Waals surface area contributed by atoms with E-state index in [1.165, 1.54) is 0 Å². The van der Waals surface area contributed by atoms with Crippen molar-refractivity contribution in [2.45, 2.75) is 44.2 Å². The Balaban J connectivity index is 2.28. The lowest BCUT2D eigenvalue weighted by Gasteiger charge is -2.15. The van der Waals surface area contributed by atoms with Crippen LogP contribution in [0.5, 0.6) is 0 Å². The molecule has 18 heavy (non-hydrogen) atoms. The van der Waals surface area contributed by atoms with Gasteiger partial charge in [0.15, 0.2) is 0 Å². The van der Waals surface area contributed by atoms with Gasteiger partial charge in [-0.2, -0.15) is 0 Å². The van der Waals surface area contributed by atoms with Crippen molar-refractivity contribution in [3.8, 4) is 0 Å². The predicted octanol–water partition coefficient (Wildman–Crippen LogP) is 1.56. The average molecular weight is 269 g/mol. The Morgan fingerprint density at radius 1 is 1.44 bits per heavy atom. The molecule has 0 aromatic heterocycles. The highest BCUT2D eigenvalue weighted by molar-refractivity contribution is 7.89. The number of aliphatic hydroxyl groups excluding tert-OH is 1. The fraction of sp³-hybridized carbons (Fsp3) is 0.538. The van der Waals surface area contributed by atoms with Crippen molar-refractivity contribution in [3.05, 3.63) is 29.3 Å². The SMILES string of the molecule is Cc1c(CO)cccc1S(=O)(=O)NC(C)C1CC1. The Kier molecular flexibility index (Phi) is 3.75. The number of hydrogen-bond donors (Lipinski definition) is 2. The Morgan fingerprint density at radius 2 is 2.11 bits per heavy atom. The third-order valence-corrected chi connectivity index (χ3v) is 5.23. The standard InChI is InChI=1S/C13H19NO3S/c1-9-12(8-15)4-3-5-13(9)18(16,17)14-10(2)11-6-7-11/h3-5,10-11,14-15H,6-8H2,1-2H3. The number of sulfonamides is 1. The van der Waals surface area contributed by atoms with Crippen LogP contribution in [0.2, 0.25) is 0 Å². The largest absolute Gasteiger partial charge is 0.392 e. The summed E-state index contributed by atoms with van der Waals surface area (Å²) in [7, 11) is -3.49. The van der Waals surface area contributed by atoms with E-state index in [1.807, 2.05) is 6.92 Å². The maximum Gasteiger partial charge on any atom is 0.241 e. The van der Waals surface area contributed by atoms with Crippen LogP contribution >= 0.6 is 0 Å². The van der Waals surface area contributed by atoms with E-state index in [4.69, 9.17) is 0 Å². The summed E-state index contributed by atoms with van der Waals surface area (Å²) in [6.07, 6.45) is 2.19. The molecule has 0 aliphatic heterocycles. The molecule has 1 aromatic carbocycles. The van der Waals surface area contributed by atoms with Gasteiger partial charge in [0.05, 0.1) is 11.5 Å². The molecule has 1 atom stereocenters. The van der Waals surface area contributed by atoms with Gasteiger partial charge < -0.3 is 5.11 Å². The minimum atomic E-state index is -3.49. The van der Waals surface area contributed by atoms with E-state index in [0.29, 0.717) is 17.0 Å². The molecule has 0 amide bonds. The average Bonchev–Trinajstić information content (AvgIpc) is 3.12. The van der Waals surface area contributed by atoms with Crippen LogP contribution in [-0.4, -0.2) is 19.6 Å². The molecule has 1 fully saturated rings. The molecule has 4 nitrogen and oxygen atoms in total. The second kappa shape index (κ2) is 4.99. The molecule has 2 N–H and O–H groups in total. The van der Waals surface area contributed by atoms with E-state index in [-0.39, 0.29) is 17.5 Å². The third-order valence-electron chi connectivity index (χ3n) is 3.53. The molecular weight excluding hydrogens is 250 g/mol. The van der Waals surface area contributed by atoms with Crippen molar-refractivity contribution in [2.75, 3.05) is 0 Å². The zero-order chi connectivity index (χ0) is 13.3. The van der Waals surface area contributed by atoms with Gasteiger partial charge >= 0.3 is 0 Å². The van der Waals surface area contributed by atoms with Gasteiger partial charge in [-0.05, 0) is 49.8 Å². The topological polar surface area (TPSA) is 66.4 Å². The van der Waals surface area contributed by atoms with Crippen LogP contribution in [0.4, 0.5) is 0 Å². The molecular formula is C13H19NO3S. The number of benzene rings is 1. The molecule has 5 heteroatoms. The van der Waals surface area contributed by atoms with Gasteiger partial charge in [0, 0.05) is 6.04 Å². The molecule has 0 spiro atoms. The van der Waals surface area contributed by atoms with Crippen LogP contribution < -0.4 is 4.72 Å². The van der Waals surface area contributed by atoms with Gasteiger partial charge in [-0.25, -0.2) is 13.1 Å². The van der Waals surface area contributed by atoms with Gasteiger partial charge in [-0.1, -0.05) is 12.1 Å². The van der Waals surface area contributed by atoms with Crippen molar-refractivity contribution in [1.29, 1.82) is 0 Å². The Bertz CT molecular complexity index is 535. The lowest BCUT2D eigenvalue weighted by Crippen LogP contribution is -2.34. The minimum Gasteiger partial charge on any atom is -0.392 e. The van der Waals surface area contributed by atoms with Crippen LogP contribution in [-0.2, 0) is 16.6 Å². The second-order valence-corrected chi connectivity index (χ2v) is 6.63. The molecule has 100 valence electrons. The Hall–Kier alpha value is -0.910. The number of hydrogen-bond acceptors (Lipinski definition) is 3. The first-order valence-electron chi connectivity index (χ1n) is 6.17. The first kappa shape index (κ1) is 13.5. The van der Waals surface area contributed by atoms with Crippen molar-refractivity contribution in [2.24, 2.45) is 5.92 Å². The molecule has 1 aliphatic carbocycles.